The van der Waals surface area contributed by atoms with Crippen molar-refractivity contribution >= 4 is 5.96 Å². The number of aryl methyl sites for hydroxylation is 1. The molecule has 6 nitrogen and oxygen atoms in total. The molecule has 1 N–H and O–H groups in total. The van der Waals surface area contributed by atoms with Crippen LogP contribution in [0.5, 0.6) is 0 Å². The lowest BCUT2D eigenvalue weighted by Gasteiger charge is -2.22. The van der Waals surface area contributed by atoms with Crippen molar-refractivity contribution in [3.63, 3.8) is 0 Å². The number of guanidine groups is 1. The Balaban J connectivity index is 1.63. The van der Waals surface area contributed by atoms with Crippen molar-refractivity contribution in [1.82, 2.24) is 25.0 Å². The molecule has 1 aromatic heterocycles. The van der Waals surface area contributed by atoms with E-state index in [1.165, 1.54) is 18.4 Å². The minimum Gasteiger partial charge on any atom is -0.356 e. The van der Waals surface area contributed by atoms with Crippen LogP contribution in [-0.4, -0.2) is 45.3 Å². The Morgan fingerprint density at radius 1 is 1.26 bits per heavy atom. The number of aliphatic imine (C=N–C) groups is 1. The minimum atomic E-state index is 0.561. The Labute approximate surface area is 162 Å². The predicted molar refractivity (Wildman–Crippen MR) is 110 cm³/mol. The number of rotatable bonds is 7. The lowest BCUT2D eigenvalue weighted by molar-refractivity contribution is 0.457. The molecule has 0 amide bonds. The van der Waals surface area contributed by atoms with Crippen LogP contribution in [0.1, 0.15) is 43.4 Å². The number of nitrogens with zero attached hydrogens (tertiary/aromatic N) is 5. The summed E-state index contributed by atoms with van der Waals surface area (Å²) in [6, 6.07) is 10.8. The van der Waals surface area contributed by atoms with Gasteiger partial charge in [0.05, 0.1) is 0 Å². The van der Waals surface area contributed by atoms with Crippen LogP contribution in [0.3, 0.4) is 0 Å². The van der Waals surface area contributed by atoms with E-state index in [4.69, 9.17) is 4.99 Å². The number of hydrogen-bond donors (Lipinski definition) is 1. The van der Waals surface area contributed by atoms with Gasteiger partial charge in [-0.3, -0.25) is 0 Å². The summed E-state index contributed by atoms with van der Waals surface area (Å²) in [5.74, 6) is 3.52. The maximum Gasteiger partial charge on any atom is 0.194 e. The van der Waals surface area contributed by atoms with E-state index in [1.54, 1.807) is 0 Å². The van der Waals surface area contributed by atoms with Crippen molar-refractivity contribution in [2.75, 3.05) is 19.6 Å². The first-order valence-electron chi connectivity index (χ1n) is 10.1. The normalized spacial score (nSPS) is 17.5. The molecule has 2 heterocycles. The molecule has 1 atom stereocenters. The first-order valence-corrected chi connectivity index (χ1v) is 10.1. The summed E-state index contributed by atoms with van der Waals surface area (Å²) in [7, 11) is 2.00. The van der Waals surface area contributed by atoms with Crippen LogP contribution in [0.2, 0.25) is 0 Å². The fraction of sp³-hybridized carbons (Fsp3) is 0.571. The van der Waals surface area contributed by atoms with Gasteiger partial charge in [-0.1, -0.05) is 43.7 Å². The monoisotopic (exact) mass is 368 g/mol. The summed E-state index contributed by atoms with van der Waals surface area (Å²) >= 11 is 0. The van der Waals surface area contributed by atoms with E-state index in [-0.39, 0.29) is 0 Å². The van der Waals surface area contributed by atoms with Gasteiger partial charge in [-0.2, -0.15) is 0 Å². The van der Waals surface area contributed by atoms with E-state index in [0.717, 1.165) is 50.1 Å². The van der Waals surface area contributed by atoms with Crippen molar-refractivity contribution in [3.05, 3.63) is 47.5 Å². The molecule has 1 fully saturated rings. The number of hydrogen-bond acceptors (Lipinski definition) is 3. The molecule has 3 rings (SSSR count). The van der Waals surface area contributed by atoms with Crippen molar-refractivity contribution in [1.29, 1.82) is 0 Å². The van der Waals surface area contributed by atoms with Gasteiger partial charge in [0.15, 0.2) is 11.8 Å². The number of likely N-dealkylation sites (tertiary alicyclic amines) is 1. The van der Waals surface area contributed by atoms with Gasteiger partial charge in [0, 0.05) is 26.7 Å². The second kappa shape index (κ2) is 9.53. The first kappa shape index (κ1) is 19.4. The van der Waals surface area contributed by atoms with Crippen LogP contribution >= 0.6 is 0 Å². The number of benzene rings is 1. The van der Waals surface area contributed by atoms with Gasteiger partial charge in [-0.25, -0.2) is 4.99 Å². The van der Waals surface area contributed by atoms with Crippen LogP contribution < -0.4 is 5.32 Å². The summed E-state index contributed by atoms with van der Waals surface area (Å²) in [6.45, 7) is 7.83. The molecule has 1 aromatic carbocycles. The molecule has 1 aliphatic rings. The molecule has 1 aliphatic heterocycles. The first-order chi connectivity index (χ1) is 13.2. The topological polar surface area (TPSA) is 58.3 Å². The third kappa shape index (κ3) is 5.31. The third-order valence-corrected chi connectivity index (χ3v) is 5.32. The van der Waals surface area contributed by atoms with Gasteiger partial charge < -0.3 is 14.8 Å². The van der Waals surface area contributed by atoms with E-state index >= 15 is 0 Å². The van der Waals surface area contributed by atoms with E-state index in [2.05, 4.69) is 57.7 Å². The van der Waals surface area contributed by atoms with Crippen molar-refractivity contribution in [2.45, 2.75) is 46.1 Å². The highest BCUT2D eigenvalue weighted by molar-refractivity contribution is 5.80. The zero-order valence-corrected chi connectivity index (χ0v) is 16.9. The SMILES string of the molecule is CCCCNC(=NCc1nnc(C)n1C)N1CCC(Cc2ccccc2)C1. The smallest absolute Gasteiger partial charge is 0.194 e. The summed E-state index contributed by atoms with van der Waals surface area (Å²) < 4.78 is 2.01. The second-order valence-electron chi connectivity index (χ2n) is 7.43. The molecule has 27 heavy (non-hydrogen) atoms. The fourth-order valence-electron chi connectivity index (χ4n) is 3.52. The fourth-order valence-corrected chi connectivity index (χ4v) is 3.52. The molecule has 0 bridgehead atoms. The van der Waals surface area contributed by atoms with Crippen molar-refractivity contribution in [2.24, 2.45) is 18.0 Å². The molecule has 1 saturated heterocycles. The van der Waals surface area contributed by atoms with Gasteiger partial charge in [0.2, 0.25) is 0 Å². The molecule has 0 radical (unpaired) electrons. The van der Waals surface area contributed by atoms with Crippen LogP contribution in [0, 0.1) is 12.8 Å². The Morgan fingerprint density at radius 2 is 2.07 bits per heavy atom. The lowest BCUT2D eigenvalue weighted by atomic mass is 9.99. The number of aromatic nitrogens is 3. The van der Waals surface area contributed by atoms with Gasteiger partial charge in [-0.05, 0) is 37.7 Å². The molecule has 2 aromatic rings. The average Bonchev–Trinajstić information content (AvgIpc) is 3.27. The van der Waals surface area contributed by atoms with E-state index in [9.17, 15) is 0 Å². The standard InChI is InChI=1S/C21H32N6/c1-4-5-12-22-21(23-15-20-25-24-17(2)26(20)3)27-13-11-19(16-27)14-18-9-7-6-8-10-18/h6-10,19H,4-5,11-16H2,1-3H3,(H,22,23). The molecular formula is C21H32N6. The van der Waals surface area contributed by atoms with Crippen LogP contribution in [-0.2, 0) is 20.0 Å². The Kier molecular flexibility index (Phi) is 6.85. The van der Waals surface area contributed by atoms with Crippen molar-refractivity contribution in [3.8, 4) is 0 Å². The number of unbranched alkanes of at least 4 members (excludes halogenated alkanes) is 1. The predicted octanol–water partition coefficient (Wildman–Crippen LogP) is 2.93. The van der Waals surface area contributed by atoms with Crippen LogP contribution in [0.25, 0.3) is 0 Å². The molecule has 6 heteroatoms. The Bertz CT molecular complexity index is 736. The van der Waals surface area contributed by atoms with Gasteiger partial charge in [-0.15, -0.1) is 10.2 Å². The molecule has 1 unspecified atom stereocenters. The zero-order valence-electron chi connectivity index (χ0n) is 16.9. The van der Waals surface area contributed by atoms with Crippen LogP contribution in [0.4, 0.5) is 0 Å². The quantitative estimate of drug-likeness (QED) is 0.464. The molecule has 146 valence electrons. The van der Waals surface area contributed by atoms with Gasteiger partial charge in [0.1, 0.15) is 12.4 Å². The highest BCUT2D eigenvalue weighted by atomic mass is 15.3. The second-order valence-corrected chi connectivity index (χ2v) is 7.43. The largest absolute Gasteiger partial charge is 0.356 e. The summed E-state index contributed by atoms with van der Waals surface area (Å²) in [6.07, 6.45) is 4.69. The Morgan fingerprint density at radius 3 is 2.78 bits per heavy atom. The third-order valence-electron chi connectivity index (χ3n) is 5.32. The highest BCUT2D eigenvalue weighted by Crippen LogP contribution is 2.21. The van der Waals surface area contributed by atoms with E-state index < -0.39 is 0 Å². The molecule has 0 aliphatic carbocycles. The van der Waals surface area contributed by atoms with E-state index in [0.29, 0.717) is 12.5 Å². The summed E-state index contributed by atoms with van der Waals surface area (Å²) in [5, 5.41) is 11.9. The molecule has 0 spiro atoms. The zero-order chi connectivity index (χ0) is 19.1. The maximum absolute atomic E-state index is 4.87. The lowest BCUT2D eigenvalue weighted by Crippen LogP contribution is -2.40. The molecular weight excluding hydrogens is 336 g/mol. The van der Waals surface area contributed by atoms with Crippen molar-refractivity contribution < 1.29 is 0 Å². The maximum atomic E-state index is 4.87. The van der Waals surface area contributed by atoms with E-state index in [1.807, 2.05) is 18.5 Å². The van der Waals surface area contributed by atoms with Gasteiger partial charge >= 0.3 is 0 Å². The number of nitrogens with one attached hydrogen (secondary N) is 1. The minimum absolute atomic E-state index is 0.561. The van der Waals surface area contributed by atoms with Crippen LogP contribution in [0.15, 0.2) is 35.3 Å². The summed E-state index contributed by atoms with van der Waals surface area (Å²) in [4.78, 5) is 7.28. The Hall–Kier alpha value is -2.37. The highest BCUT2D eigenvalue weighted by Gasteiger charge is 2.25. The van der Waals surface area contributed by atoms with Gasteiger partial charge in [0.25, 0.3) is 0 Å². The average molecular weight is 369 g/mol. The summed E-state index contributed by atoms with van der Waals surface area (Å²) in [5.41, 5.74) is 1.43. The molecule has 0 saturated carbocycles.